The maximum atomic E-state index is 9.22. The Hall–Kier alpha value is -2.11. The highest BCUT2D eigenvalue weighted by atomic mass is 35.5. The van der Waals surface area contributed by atoms with Crippen molar-refractivity contribution in [3.8, 4) is 0 Å². The van der Waals surface area contributed by atoms with Crippen molar-refractivity contribution in [3.05, 3.63) is 48.3 Å². The van der Waals surface area contributed by atoms with E-state index < -0.39 is 10.4 Å². The van der Waals surface area contributed by atoms with Crippen molar-refractivity contribution in [2.45, 2.75) is 6.54 Å². The molecule has 4 N–H and O–H groups in total. The Labute approximate surface area is 169 Å². The summed E-state index contributed by atoms with van der Waals surface area (Å²) in [5.41, 5.74) is 14.4. The monoisotopic (exact) mass is 437 g/mol. The van der Waals surface area contributed by atoms with Gasteiger partial charge >= 0.3 is 0 Å². The van der Waals surface area contributed by atoms with Crippen molar-refractivity contribution in [1.82, 2.24) is 9.78 Å². The number of hydrogen-bond donors (Lipinski definition) is 2. The van der Waals surface area contributed by atoms with Gasteiger partial charge in [0, 0.05) is 17.0 Å². The summed E-state index contributed by atoms with van der Waals surface area (Å²) in [5, 5.41) is 5.37. The lowest BCUT2D eigenvalue weighted by Crippen LogP contribution is -2.29. The normalized spacial score (nSPS) is 10.3. The molecule has 0 aliphatic carbocycles. The molecule has 9 nitrogen and oxygen atoms in total. The minimum Gasteiger partial charge on any atom is -0.726 e. The third kappa shape index (κ3) is 6.85. The molecule has 3 aromatic rings. The van der Waals surface area contributed by atoms with E-state index in [0.29, 0.717) is 18.1 Å². The Morgan fingerprint density at radius 2 is 1.85 bits per heavy atom. The van der Waals surface area contributed by atoms with Gasteiger partial charge in [-0.15, -0.1) is 24.8 Å². The Kier molecular flexibility index (Phi) is 9.48. The number of fused-ring (bicyclic) bond motifs is 1. The number of para-hydroxylation sites is 1. The second-order valence-electron chi connectivity index (χ2n) is 5.24. The van der Waals surface area contributed by atoms with Crippen LogP contribution in [0.1, 0.15) is 5.56 Å². The van der Waals surface area contributed by atoms with Crippen LogP contribution in [0.15, 0.2) is 42.7 Å². The Morgan fingerprint density at radius 1 is 1.26 bits per heavy atom. The van der Waals surface area contributed by atoms with Gasteiger partial charge in [-0.05, 0) is 12.1 Å². The van der Waals surface area contributed by atoms with Gasteiger partial charge in [0.15, 0.2) is 6.20 Å². The van der Waals surface area contributed by atoms with Crippen molar-refractivity contribution in [2.75, 3.05) is 18.6 Å². The minimum absolute atomic E-state index is 0. The lowest BCUT2D eigenvalue weighted by molar-refractivity contribution is -0.645. The molecule has 2 aromatic heterocycles. The van der Waals surface area contributed by atoms with Crippen LogP contribution in [0.5, 0.6) is 0 Å². The largest absolute Gasteiger partial charge is 0.726 e. The molecule has 12 heteroatoms. The van der Waals surface area contributed by atoms with Gasteiger partial charge in [0.2, 0.25) is 15.9 Å². The molecule has 1 aromatic carbocycles. The second kappa shape index (κ2) is 10.3. The molecule has 0 spiro atoms. The van der Waals surface area contributed by atoms with Gasteiger partial charge < -0.3 is 16.0 Å². The smallest absolute Gasteiger partial charge is 0.217 e. The fourth-order valence-electron chi connectivity index (χ4n) is 2.28. The number of benzene rings is 1. The van der Waals surface area contributed by atoms with Crippen LogP contribution in [-0.4, -0.2) is 29.9 Å². The Balaban J connectivity index is 0.000000744. The fourth-order valence-corrected chi connectivity index (χ4v) is 2.28. The van der Waals surface area contributed by atoms with E-state index in [1.54, 1.807) is 10.9 Å². The number of nitrogens with zero attached hydrogens (tertiary/aromatic N) is 3. The van der Waals surface area contributed by atoms with Gasteiger partial charge in [0.25, 0.3) is 0 Å². The molecule has 0 bridgehead atoms. The molecule has 0 saturated heterocycles. The summed E-state index contributed by atoms with van der Waals surface area (Å²) in [6.07, 6.45) is 3.66. The van der Waals surface area contributed by atoms with Crippen molar-refractivity contribution in [3.63, 3.8) is 0 Å². The number of hydrogen-bond acceptors (Lipinski definition) is 7. The van der Waals surface area contributed by atoms with Gasteiger partial charge in [-0.1, -0.05) is 12.1 Å². The fraction of sp³-hybridized carbons (Fsp3) is 0.200. The molecule has 0 atom stereocenters. The van der Waals surface area contributed by atoms with E-state index in [1.807, 2.05) is 19.2 Å². The maximum Gasteiger partial charge on any atom is 0.217 e. The molecular weight excluding hydrogens is 417 g/mol. The molecule has 150 valence electrons. The zero-order valence-electron chi connectivity index (χ0n) is 14.6. The third-order valence-electron chi connectivity index (χ3n) is 3.46. The van der Waals surface area contributed by atoms with Crippen molar-refractivity contribution in [2.24, 2.45) is 7.05 Å². The predicted molar refractivity (Wildman–Crippen MR) is 106 cm³/mol. The maximum absolute atomic E-state index is 9.22. The summed E-state index contributed by atoms with van der Waals surface area (Å²) < 4.78 is 34.8. The highest BCUT2D eigenvalue weighted by Gasteiger charge is 2.10. The number of aryl methyl sites for hydroxylation is 1. The zero-order valence-corrected chi connectivity index (χ0v) is 17.1. The van der Waals surface area contributed by atoms with E-state index in [0.717, 1.165) is 12.7 Å². The number of nitrogen functional groups attached to an aromatic ring is 2. The lowest BCUT2D eigenvalue weighted by Gasteiger charge is -2.05. The third-order valence-corrected chi connectivity index (χ3v) is 3.87. The lowest BCUT2D eigenvalue weighted by atomic mass is 10.1. The first-order valence-corrected chi connectivity index (χ1v) is 8.50. The summed E-state index contributed by atoms with van der Waals surface area (Å²) in [5.74, 6) is 0.510. The van der Waals surface area contributed by atoms with Crippen LogP contribution in [0.25, 0.3) is 10.9 Å². The molecule has 0 unspecified atom stereocenters. The van der Waals surface area contributed by atoms with Crippen LogP contribution < -0.4 is 16.0 Å². The molecule has 2 heterocycles. The van der Waals surface area contributed by atoms with Crippen LogP contribution in [0, 0.1) is 0 Å². The van der Waals surface area contributed by atoms with Gasteiger partial charge in [0.05, 0.1) is 25.5 Å². The van der Waals surface area contributed by atoms with Crippen LogP contribution >= 0.6 is 24.8 Å². The quantitative estimate of drug-likeness (QED) is 0.353. The first-order valence-electron chi connectivity index (χ1n) is 7.16. The van der Waals surface area contributed by atoms with Crippen LogP contribution in [0.4, 0.5) is 11.5 Å². The first-order chi connectivity index (χ1) is 11.7. The van der Waals surface area contributed by atoms with Gasteiger partial charge in [-0.3, -0.25) is 4.18 Å². The number of halogens is 2. The summed E-state index contributed by atoms with van der Waals surface area (Å²) in [6, 6.07) is 10.4. The van der Waals surface area contributed by atoms with Crippen LogP contribution in [0.2, 0.25) is 0 Å². The van der Waals surface area contributed by atoms with E-state index in [2.05, 4.69) is 38.2 Å². The standard InChI is InChI=1S/C14H16N5.CH4O4S.2ClH/c1-18-8-10(6-11-4-2-3-5-13(11)18)9-19-14(16)12(15)7-17-19;1-5-6(2,3)4;;/h2-8H,9,15-16H2,1H3;1H3,(H,2,3,4);2*1H/q+1;;;/p-1. The number of rotatable bonds is 3. The number of aromatic nitrogens is 3. The topological polar surface area (TPSA) is 140 Å². The van der Waals surface area contributed by atoms with Crippen molar-refractivity contribution in [1.29, 1.82) is 0 Å². The van der Waals surface area contributed by atoms with Gasteiger partial charge in [-0.25, -0.2) is 17.7 Å². The predicted octanol–water partition coefficient (Wildman–Crippen LogP) is 1.01. The summed E-state index contributed by atoms with van der Waals surface area (Å²) in [4.78, 5) is 0. The van der Waals surface area contributed by atoms with Crippen molar-refractivity contribution < 1.29 is 21.7 Å². The molecule has 3 rings (SSSR count). The molecule has 0 radical (unpaired) electrons. The minimum atomic E-state index is -4.41. The first kappa shape index (κ1) is 24.9. The highest BCUT2D eigenvalue weighted by molar-refractivity contribution is 7.80. The van der Waals surface area contributed by atoms with E-state index in [1.165, 1.54) is 10.9 Å². The molecule has 0 amide bonds. The average Bonchev–Trinajstić information content (AvgIpc) is 2.87. The SMILES string of the molecule is COS(=O)(=O)[O-].C[n+]1cc(Cn2ncc(N)c2N)cc2ccccc21.Cl.Cl. The summed E-state index contributed by atoms with van der Waals surface area (Å²) in [7, 11) is -1.57. The van der Waals surface area contributed by atoms with Crippen molar-refractivity contribution >= 4 is 57.6 Å². The Bertz CT molecular complexity index is 995. The molecular formula is C15H21Cl2N5O4S. The number of anilines is 2. The highest BCUT2D eigenvalue weighted by Crippen LogP contribution is 2.16. The van der Waals surface area contributed by atoms with Gasteiger partial charge in [0.1, 0.15) is 12.9 Å². The van der Waals surface area contributed by atoms with Crippen LogP contribution in [-0.2, 0) is 28.2 Å². The van der Waals surface area contributed by atoms with E-state index >= 15 is 0 Å². The van der Waals surface area contributed by atoms with E-state index in [4.69, 9.17) is 11.5 Å². The molecule has 0 saturated carbocycles. The van der Waals surface area contributed by atoms with Gasteiger partial charge in [-0.2, -0.15) is 5.10 Å². The van der Waals surface area contributed by atoms with E-state index in [9.17, 15) is 13.0 Å². The molecule has 27 heavy (non-hydrogen) atoms. The molecule has 0 aliphatic rings. The number of nitrogens with two attached hydrogens (primary N) is 2. The van der Waals surface area contributed by atoms with E-state index in [-0.39, 0.29) is 24.8 Å². The summed E-state index contributed by atoms with van der Waals surface area (Å²) in [6.45, 7) is 0.613. The average molecular weight is 438 g/mol. The zero-order chi connectivity index (χ0) is 18.6. The Morgan fingerprint density at radius 3 is 2.37 bits per heavy atom. The van der Waals surface area contributed by atoms with Crippen LogP contribution in [0.3, 0.4) is 0 Å². The summed E-state index contributed by atoms with van der Waals surface area (Å²) >= 11 is 0. The molecule has 0 aliphatic heterocycles. The second-order valence-corrected chi connectivity index (χ2v) is 6.39. The number of pyridine rings is 1. The molecule has 0 fully saturated rings.